The SMILES string of the molecule is COc1ccc(/C(O)=C2\C(=O)C(=O)N(CCN3CCOCC3)C2c2cccnc2)cc1OC. The Morgan fingerprint density at radius 2 is 1.88 bits per heavy atom. The van der Waals surface area contributed by atoms with E-state index in [1.807, 2.05) is 0 Å². The number of methoxy groups -OCH3 is 2. The third kappa shape index (κ3) is 4.55. The van der Waals surface area contributed by atoms with Crippen LogP contribution in [0.5, 0.6) is 11.5 Å². The molecular weight excluding hydrogens is 426 g/mol. The first-order valence-electron chi connectivity index (χ1n) is 10.8. The van der Waals surface area contributed by atoms with Gasteiger partial charge in [0.1, 0.15) is 5.76 Å². The van der Waals surface area contributed by atoms with Crippen molar-refractivity contribution in [3.05, 3.63) is 59.4 Å². The minimum atomic E-state index is -0.743. The average molecular weight is 453 g/mol. The topological polar surface area (TPSA) is 101 Å². The van der Waals surface area contributed by atoms with Crippen molar-refractivity contribution in [1.29, 1.82) is 0 Å². The van der Waals surface area contributed by atoms with Crippen molar-refractivity contribution in [2.45, 2.75) is 6.04 Å². The Kier molecular flexibility index (Phi) is 6.90. The highest BCUT2D eigenvalue weighted by atomic mass is 16.5. The van der Waals surface area contributed by atoms with Crippen LogP contribution in [0.1, 0.15) is 17.2 Å². The van der Waals surface area contributed by atoms with Crippen molar-refractivity contribution >= 4 is 17.4 Å². The first-order chi connectivity index (χ1) is 16.0. The van der Waals surface area contributed by atoms with E-state index in [9.17, 15) is 14.7 Å². The zero-order chi connectivity index (χ0) is 23.4. The van der Waals surface area contributed by atoms with E-state index in [0.717, 1.165) is 13.1 Å². The molecule has 4 rings (SSSR count). The Morgan fingerprint density at radius 1 is 1.12 bits per heavy atom. The Balaban J connectivity index is 1.73. The van der Waals surface area contributed by atoms with Crippen LogP contribution in [0.2, 0.25) is 0 Å². The lowest BCUT2D eigenvalue weighted by atomic mass is 9.96. The molecule has 9 heteroatoms. The van der Waals surface area contributed by atoms with E-state index in [1.54, 1.807) is 42.7 Å². The number of nitrogens with zero attached hydrogens (tertiary/aromatic N) is 3. The molecule has 0 radical (unpaired) electrons. The molecule has 1 amide bonds. The zero-order valence-corrected chi connectivity index (χ0v) is 18.7. The quantitative estimate of drug-likeness (QED) is 0.385. The van der Waals surface area contributed by atoms with E-state index < -0.39 is 17.7 Å². The van der Waals surface area contributed by atoms with Gasteiger partial charge >= 0.3 is 0 Å². The van der Waals surface area contributed by atoms with Crippen LogP contribution >= 0.6 is 0 Å². The molecule has 2 fully saturated rings. The average Bonchev–Trinajstić information content (AvgIpc) is 3.12. The molecule has 0 aliphatic carbocycles. The van der Waals surface area contributed by atoms with E-state index in [2.05, 4.69) is 9.88 Å². The van der Waals surface area contributed by atoms with E-state index in [1.165, 1.54) is 19.1 Å². The number of ether oxygens (including phenoxy) is 3. The first-order valence-corrected chi connectivity index (χ1v) is 10.8. The van der Waals surface area contributed by atoms with Crippen LogP contribution in [0.15, 0.2) is 48.3 Å². The van der Waals surface area contributed by atoms with E-state index >= 15 is 0 Å². The van der Waals surface area contributed by atoms with Crippen LogP contribution in [0.25, 0.3) is 5.76 Å². The Hall–Kier alpha value is -3.43. The second-order valence-electron chi connectivity index (χ2n) is 7.80. The summed E-state index contributed by atoms with van der Waals surface area (Å²) < 4.78 is 16.0. The van der Waals surface area contributed by atoms with Gasteiger partial charge in [-0.05, 0) is 29.8 Å². The molecule has 9 nitrogen and oxygen atoms in total. The maximum Gasteiger partial charge on any atom is 0.295 e. The van der Waals surface area contributed by atoms with Crippen molar-refractivity contribution in [3.63, 3.8) is 0 Å². The smallest absolute Gasteiger partial charge is 0.295 e. The maximum atomic E-state index is 13.1. The minimum Gasteiger partial charge on any atom is -0.507 e. The summed E-state index contributed by atoms with van der Waals surface area (Å²) in [4.78, 5) is 34.0. The van der Waals surface area contributed by atoms with Gasteiger partial charge < -0.3 is 24.2 Å². The number of rotatable bonds is 7. The number of hydrogen-bond acceptors (Lipinski definition) is 8. The van der Waals surface area contributed by atoms with Crippen molar-refractivity contribution in [3.8, 4) is 11.5 Å². The molecule has 1 aromatic carbocycles. The molecule has 0 saturated carbocycles. The third-order valence-electron chi connectivity index (χ3n) is 5.96. The van der Waals surface area contributed by atoms with Gasteiger partial charge in [-0.2, -0.15) is 0 Å². The van der Waals surface area contributed by atoms with Gasteiger partial charge in [-0.1, -0.05) is 6.07 Å². The van der Waals surface area contributed by atoms with Crippen molar-refractivity contribution in [1.82, 2.24) is 14.8 Å². The number of aliphatic hydroxyl groups is 1. The summed E-state index contributed by atoms with van der Waals surface area (Å²) in [7, 11) is 3.00. The fourth-order valence-electron chi connectivity index (χ4n) is 4.21. The van der Waals surface area contributed by atoms with Crippen LogP contribution in [-0.2, 0) is 14.3 Å². The molecule has 1 unspecified atom stereocenters. The lowest BCUT2D eigenvalue weighted by molar-refractivity contribution is -0.140. The standard InChI is InChI=1S/C24H27N3O6/c1-31-18-6-5-16(14-19(18)32-2)22(28)20-21(17-4-3-7-25-15-17)27(24(30)23(20)29)9-8-26-10-12-33-13-11-26/h3-7,14-15,21,28H,8-13H2,1-2H3/b22-20+. The molecule has 2 saturated heterocycles. The zero-order valence-electron chi connectivity index (χ0n) is 18.7. The largest absolute Gasteiger partial charge is 0.507 e. The molecule has 1 N–H and O–H groups in total. The maximum absolute atomic E-state index is 13.1. The number of Topliss-reactive ketones (excluding diaryl/α,β-unsaturated/α-hetero) is 1. The number of benzene rings is 1. The number of aliphatic hydroxyl groups excluding tert-OH is 1. The monoisotopic (exact) mass is 453 g/mol. The number of likely N-dealkylation sites (tertiary alicyclic amines) is 1. The van der Waals surface area contributed by atoms with E-state index in [4.69, 9.17) is 14.2 Å². The highest BCUT2D eigenvalue weighted by Gasteiger charge is 2.46. The molecule has 1 aromatic heterocycles. The summed E-state index contributed by atoms with van der Waals surface area (Å²) in [5.41, 5.74) is 1.04. The summed E-state index contributed by atoms with van der Waals surface area (Å²) in [6.07, 6.45) is 3.23. The predicted octanol–water partition coefficient (Wildman–Crippen LogP) is 1.85. The summed E-state index contributed by atoms with van der Waals surface area (Å²) in [5, 5.41) is 11.2. The number of morpholine rings is 1. The summed E-state index contributed by atoms with van der Waals surface area (Å²) in [5.74, 6) is -0.737. The van der Waals surface area contributed by atoms with Gasteiger partial charge in [0.25, 0.3) is 11.7 Å². The predicted molar refractivity (Wildman–Crippen MR) is 120 cm³/mol. The van der Waals surface area contributed by atoms with Gasteiger partial charge in [0.05, 0.1) is 39.0 Å². The molecule has 174 valence electrons. The first kappa shape index (κ1) is 22.8. The lowest BCUT2D eigenvalue weighted by Crippen LogP contribution is -2.42. The normalized spacial score (nSPS) is 20.8. The molecule has 3 heterocycles. The van der Waals surface area contributed by atoms with Crippen LogP contribution in [0, 0.1) is 0 Å². The third-order valence-corrected chi connectivity index (χ3v) is 5.96. The van der Waals surface area contributed by atoms with Gasteiger partial charge in [0.2, 0.25) is 0 Å². The van der Waals surface area contributed by atoms with E-state index in [0.29, 0.717) is 48.9 Å². The minimum absolute atomic E-state index is 0.0298. The van der Waals surface area contributed by atoms with Gasteiger partial charge in [-0.25, -0.2) is 0 Å². The summed E-state index contributed by atoms with van der Waals surface area (Å²) in [6.45, 7) is 3.77. The Morgan fingerprint density at radius 3 is 2.55 bits per heavy atom. The molecule has 2 aliphatic heterocycles. The molecule has 1 atom stereocenters. The number of ketones is 1. The summed E-state index contributed by atoms with van der Waals surface area (Å²) in [6, 6.07) is 7.64. The van der Waals surface area contributed by atoms with Crippen molar-refractivity contribution < 1.29 is 28.9 Å². The molecular formula is C24H27N3O6. The second kappa shape index (κ2) is 10.0. The molecule has 2 aromatic rings. The highest BCUT2D eigenvalue weighted by molar-refractivity contribution is 6.46. The van der Waals surface area contributed by atoms with Gasteiger partial charge in [0.15, 0.2) is 11.5 Å². The number of carbonyl (C=O) groups excluding carboxylic acids is 2. The van der Waals surface area contributed by atoms with Crippen molar-refractivity contribution in [2.75, 3.05) is 53.6 Å². The number of pyridine rings is 1. The number of hydrogen-bond donors (Lipinski definition) is 1. The molecule has 0 bridgehead atoms. The Labute approximate surface area is 192 Å². The lowest BCUT2D eigenvalue weighted by Gasteiger charge is -2.30. The van der Waals surface area contributed by atoms with Crippen molar-refractivity contribution in [2.24, 2.45) is 0 Å². The van der Waals surface area contributed by atoms with E-state index in [-0.39, 0.29) is 11.3 Å². The summed E-state index contributed by atoms with van der Waals surface area (Å²) >= 11 is 0. The van der Waals surface area contributed by atoms with Gasteiger partial charge in [-0.15, -0.1) is 0 Å². The number of carbonyl (C=O) groups is 2. The Bertz CT molecular complexity index is 1050. The second-order valence-corrected chi connectivity index (χ2v) is 7.80. The number of aromatic nitrogens is 1. The van der Waals surface area contributed by atoms with Crippen LogP contribution in [-0.4, -0.2) is 85.2 Å². The highest BCUT2D eigenvalue weighted by Crippen LogP contribution is 2.40. The van der Waals surface area contributed by atoms with Crippen LogP contribution < -0.4 is 9.47 Å². The molecule has 2 aliphatic rings. The van der Waals surface area contributed by atoms with Gasteiger partial charge in [-0.3, -0.25) is 19.5 Å². The fraction of sp³-hybridized carbons (Fsp3) is 0.375. The number of amides is 1. The molecule has 0 spiro atoms. The van der Waals surface area contributed by atoms with Crippen LogP contribution in [0.4, 0.5) is 0 Å². The molecule has 33 heavy (non-hydrogen) atoms. The van der Waals surface area contributed by atoms with Gasteiger partial charge in [0, 0.05) is 44.1 Å². The fourth-order valence-corrected chi connectivity index (χ4v) is 4.21. The van der Waals surface area contributed by atoms with Crippen LogP contribution in [0.3, 0.4) is 0 Å².